The Morgan fingerprint density at radius 2 is 1.90 bits per heavy atom. The number of hydrogen-bond acceptors (Lipinski definition) is 2. The highest BCUT2D eigenvalue weighted by Gasteiger charge is 2.31. The van der Waals surface area contributed by atoms with E-state index < -0.39 is 0 Å². The van der Waals surface area contributed by atoms with Crippen molar-refractivity contribution in [2.24, 2.45) is 0 Å². The lowest BCUT2D eigenvalue weighted by Gasteiger charge is -2.32. The van der Waals surface area contributed by atoms with Crippen molar-refractivity contribution < 1.29 is 19.3 Å². The number of methoxy groups -OCH3 is 1. The summed E-state index contributed by atoms with van der Waals surface area (Å²) >= 11 is 6.06. The van der Waals surface area contributed by atoms with E-state index in [0.29, 0.717) is 16.5 Å². The predicted molar refractivity (Wildman–Crippen MR) is 118 cm³/mol. The second kappa shape index (κ2) is 10.4. The molecule has 1 fully saturated rings. The normalized spacial score (nSPS) is 20.4. The van der Waals surface area contributed by atoms with Gasteiger partial charge in [0.25, 0.3) is 5.91 Å². The Labute approximate surface area is 177 Å². The molecule has 1 aliphatic rings. The Kier molecular flexibility index (Phi) is 7.69. The van der Waals surface area contributed by atoms with Crippen LogP contribution in [0.5, 0.6) is 5.75 Å². The molecule has 1 heterocycles. The topological polar surface area (TPSA) is 47.2 Å². The van der Waals surface area contributed by atoms with E-state index in [1.54, 1.807) is 30.2 Å². The molecule has 0 unspecified atom stereocenters. The first kappa shape index (κ1) is 21.4. The zero-order valence-corrected chi connectivity index (χ0v) is 17.8. The summed E-state index contributed by atoms with van der Waals surface area (Å²) in [6.07, 6.45) is 4.43. The average Bonchev–Trinajstić information content (AvgIpc) is 2.74. The molecule has 1 saturated heterocycles. The first-order chi connectivity index (χ1) is 14.1. The van der Waals surface area contributed by atoms with Gasteiger partial charge in [-0.1, -0.05) is 48.0 Å². The number of ether oxygens (including phenoxy) is 1. The Hall–Kier alpha value is -2.34. The Bertz CT molecular complexity index is 833. The van der Waals surface area contributed by atoms with E-state index in [9.17, 15) is 4.79 Å². The predicted octanol–water partition coefficient (Wildman–Crippen LogP) is 1.17. The lowest BCUT2D eigenvalue weighted by atomic mass is 10.2. The van der Waals surface area contributed by atoms with E-state index in [2.05, 4.69) is 41.7 Å². The van der Waals surface area contributed by atoms with Crippen molar-refractivity contribution in [2.75, 3.05) is 45.2 Å². The van der Waals surface area contributed by atoms with Gasteiger partial charge in [0.05, 0.1) is 19.3 Å². The van der Waals surface area contributed by atoms with Gasteiger partial charge >= 0.3 is 0 Å². The first-order valence-corrected chi connectivity index (χ1v) is 10.5. The fraction of sp³-hybridized carbons (Fsp3) is 0.348. The molecule has 3 N–H and O–H groups in total. The van der Waals surface area contributed by atoms with Gasteiger partial charge in [0.2, 0.25) is 0 Å². The number of quaternary nitrogens is 2. The smallest absolute Gasteiger partial charge is 0.282 e. The van der Waals surface area contributed by atoms with Crippen LogP contribution in [-0.4, -0.2) is 51.8 Å². The van der Waals surface area contributed by atoms with Crippen molar-refractivity contribution in [3.8, 4) is 5.75 Å². The zero-order chi connectivity index (χ0) is 20.6. The largest absolute Gasteiger partial charge is 0.495 e. The summed E-state index contributed by atoms with van der Waals surface area (Å²) in [5.74, 6) is 0.609. The summed E-state index contributed by atoms with van der Waals surface area (Å²) < 4.78 is 5.32. The molecule has 29 heavy (non-hydrogen) atoms. The SMILES string of the molecule is COc1ccc(Cl)cc1NC(=O)[C@H](C)[NH+]1CC[NH+](C/C=C/c2ccccc2)CC1. The minimum Gasteiger partial charge on any atom is -0.495 e. The van der Waals surface area contributed by atoms with Gasteiger partial charge in [-0.25, -0.2) is 0 Å². The van der Waals surface area contributed by atoms with Gasteiger partial charge in [-0.3, -0.25) is 4.79 Å². The van der Waals surface area contributed by atoms with Crippen LogP contribution >= 0.6 is 11.6 Å². The van der Waals surface area contributed by atoms with E-state index in [1.165, 1.54) is 10.5 Å². The van der Waals surface area contributed by atoms with Crippen molar-refractivity contribution in [3.05, 3.63) is 65.2 Å². The summed E-state index contributed by atoms with van der Waals surface area (Å²) in [4.78, 5) is 15.6. The van der Waals surface area contributed by atoms with Crippen molar-refractivity contribution in [1.29, 1.82) is 0 Å². The molecular weight excluding hydrogens is 386 g/mol. The summed E-state index contributed by atoms with van der Waals surface area (Å²) in [5.41, 5.74) is 1.85. The number of piperazine rings is 1. The van der Waals surface area contributed by atoms with Crippen molar-refractivity contribution in [3.63, 3.8) is 0 Å². The van der Waals surface area contributed by atoms with Gasteiger partial charge in [0, 0.05) is 5.02 Å². The minimum atomic E-state index is -0.125. The van der Waals surface area contributed by atoms with Gasteiger partial charge in [-0.2, -0.15) is 0 Å². The Balaban J connectivity index is 1.48. The van der Waals surface area contributed by atoms with E-state index in [4.69, 9.17) is 16.3 Å². The van der Waals surface area contributed by atoms with Crippen LogP contribution in [0, 0.1) is 0 Å². The number of anilines is 1. The lowest BCUT2D eigenvalue weighted by Crippen LogP contribution is -3.29. The molecule has 5 nitrogen and oxygen atoms in total. The molecule has 2 aromatic rings. The highest BCUT2D eigenvalue weighted by molar-refractivity contribution is 6.31. The van der Waals surface area contributed by atoms with Crippen LogP contribution in [0.3, 0.4) is 0 Å². The van der Waals surface area contributed by atoms with Crippen molar-refractivity contribution in [1.82, 2.24) is 0 Å². The summed E-state index contributed by atoms with van der Waals surface area (Å²) in [7, 11) is 1.59. The standard InChI is InChI=1S/C23H28ClN3O2/c1-18(23(28)25-21-17-20(24)10-11-22(21)29-2)27-15-13-26(14-16-27)12-6-9-19-7-4-3-5-8-19/h3-11,17-18H,12-16H2,1-2H3,(H,25,28)/p+2/b9-6+/t18-/m0/s1. The summed E-state index contributed by atoms with van der Waals surface area (Å²) in [6.45, 7) is 7.09. The maximum absolute atomic E-state index is 12.8. The molecular formula is C23H30ClN3O2+2. The molecule has 6 heteroatoms. The van der Waals surface area contributed by atoms with E-state index in [0.717, 1.165) is 32.7 Å². The summed E-state index contributed by atoms with van der Waals surface area (Å²) in [6, 6.07) is 15.5. The molecule has 1 aliphatic heterocycles. The fourth-order valence-corrected chi connectivity index (χ4v) is 3.86. The molecule has 0 saturated carbocycles. The number of benzene rings is 2. The highest BCUT2D eigenvalue weighted by Crippen LogP contribution is 2.27. The second-order valence-electron chi connectivity index (χ2n) is 7.48. The van der Waals surface area contributed by atoms with Crippen LogP contribution < -0.4 is 19.9 Å². The molecule has 0 aromatic heterocycles. The van der Waals surface area contributed by atoms with Crippen molar-refractivity contribution in [2.45, 2.75) is 13.0 Å². The molecule has 0 radical (unpaired) electrons. The maximum Gasteiger partial charge on any atom is 0.282 e. The molecule has 0 spiro atoms. The molecule has 2 aromatic carbocycles. The third-order valence-corrected chi connectivity index (χ3v) is 5.78. The molecule has 154 valence electrons. The number of hydrogen-bond donors (Lipinski definition) is 3. The number of amides is 1. The Morgan fingerprint density at radius 1 is 1.17 bits per heavy atom. The van der Waals surface area contributed by atoms with E-state index in [-0.39, 0.29) is 11.9 Å². The van der Waals surface area contributed by atoms with Crippen LogP contribution in [0.2, 0.25) is 5.02 Å². The summed E-state index contributed by atoms with van der Waals surface area (Å²) in [5, 5.41) is 3.55. The Morgan fingerprint density at radius 3 is 2.59 bits per heavy atom. The second-order valence-corrected chi connectivity index (χ2v) is 7.92. The molecule has 3 rings (SSSR count). The third kappa shape index (κ3) is 6.07. The number of rotatable bonds is 7. The molecule has 1 amide bonds. The number of carbonyl (C=O) groups is 1. The molecule has 1 atom stereocenters. The average molecular weight is 416 g/mol. The quantitative estimate of drug-likeness (QED) is 0.635. The van der Waals surface area contributed by atoms with Gasteiger partial charge < -0.3 is 19.9 Å². The van der Waals surface area contributed by atoms with Crippen LogP contribution in [0.4, 0.5) is 5.69 Å². The van der Waals surface area contributed by atoms with Crippen LogP contribution in [-0.2, 0) is 4.79 Å². The van der Waals surface area contributed by atoms with Crippen LogP contribution in [0.15, 0.2) is 54.6 Å². The van der Waals surface area contributed by atoms with E-state index >= 15 is 0 Å². The first-order valence-electron chi connectivity index (χ1n) is 10.1. The minimum absolute atomic E-state index is 0.00649. The number of carbonyl (C=O) groups excluding carboxylic acids is 1. The number of nitrogens with one attached hydrogen (secondary N) is 3. The van der Waals surface area contributed by atoms with Gasteiger partial charge in [0.1, 0.15) is 31.9 Å². The van der Waals surface area contributed by atoms with Crippen molar-refractivity contribution >= 4 is 29.3 Å². The third-order valence-electron chi connectivity index (χ3n) is 5.54. The van der Waals surface area contributed by atoms with Gasteiger partial charge in [-0.05, 0) is 36.8 Å². The molecule has 0 bridgehead atoms. The fourth-order valence-electron chi connectivity index (χ4n) is 3.69. The monoisotopic (exact) mass is 415 g/mol. The van der Waals surface area contributed by atoms with Crippen LogP contribution in [0.1, 0.15) is 12.5 Å². The zero-order valence-electron chi connectivity index (χ0n) is 17.1. The van der Waals surface area contributed by atoms with Crippen LogP contribution in [0.25, 0.3) is 6.08 Å². The van der Waals surface area contributed by atoms with Gasteiger partial charge in [-0.15, -0.1) is 0 Å². The molecule has 0 aliphatic carbocycles. The van der Waals surface area contributed by atoms with E-state index in [1.807, 2.05) is 13.0 Å². The maximum atomic E-state index is 12.8. The lowest BCUT2D eigenvalue weighted by molar-refractivity contribution is -1.02. The number of halogens is 1. The highest BCUT2D eigenvalue weighted by atomic mass is 35.5. The van der Waals surface area contributed by atoms with Gasteiger partial charge in [0.15, 0.2) is 6.04 Å².